The maximum atomic E-state index is 12.2. The van der Waals surface area contributed by atoms with Gasteiger partial charge in [0.25, 0.3) is 0 Å². The number of rotatable bonds is 5. The third-order valence-electron chi connectivity index (χ3n) is 3.37. The van der Waals surface area contributed by atoms with Gasteiger partial charge in [-0.3, -0.25) is 4.79 Å². The van der Waals surface area contributed by atoms with Crippen LogP contribution in [0.2, 0.25) is 0 Å². The van der Waals surface area contributed by atoms with Gasteiger partial charge in [0.05, 0.1) is 12.5 Å². The van der Waals surface area contributed by atoms with Crippen molar-refractivity contribution in [1.29, 1.82) is 0 Å². The minimum Gasteiger partial charge on any atom is -0.491 e. The van der Waals surface area contributed by atoms with Crippen molar-refractivity contribution in [2.75, 3.05) is 5.32 Å². The normalized spacial score (nSPS) is 10.6. The van der Waals surface area contributed by atoms with Crippen LogP contribution >= 0.6 is 0 Å². The summed E-state index contributed by atoms with van der Waals surface area (Å²) >= 11 is 0. The summed E-state index contributed by atoms with van der Waals surface area (Å²) < 4.78 is 5.59. The minimum atomic E-state index is -0.00812. The molecule has 2 aromatic rings. The second kappa shape index (κ2) is 7.12. The van der Waals surface area contributed by atoms with Gasteiger partial charge < -0.3 is 10.1 Å². The lowest BCUT2D eigenvalue weighted by atomic mass is 10.0. The van der Waals surface area contributed by atoms with Gasteiger partial charge in [0.1, 0.15) is 5.75 Å². The van der Waals surface area contributed by atoms with E-state index in [2.05, 4.69) is 23.5 Å². The van der Waals surface area contributed by atoms with E-state index >= 15 is 0 Å². The Hall–Kier alpha value is -2.29. The van der Waals surface area contributed by atoms with Crippen molar-refractivity contribution in [3.05, 3.63) is 59.2 Å². The largest absolute Gasteiger partial charge is 0.491 e. The molecule has 0 bridgehead atoms. The van der Waals surface area contributed by atoms with Crippen molar-refractivity contribution < 1.29 is 9.53 Å². The third-order valence-corrected chi connectivity index (χ3v) is 3.37. The van der Waals surface area contributed by atoms with E-state index < -0.39 is 0 Å². The predicted molar refractivity (Wildman–Crippen MR) is 90.5 cm³/mol. The van der Waals surface area contributed by atoms with E-state index in [4.69, 9.17) is 4.74 Å². The Morgan fingerprint density at radius 1 is 1.09 bits per heavy atom. The average Bonchev–Trinajstić information content (AvgIpc) is 2.44. The Morgan fingerprint density at radius 2 is 1.77 bits per heavy atom. The van der Waals surface area contributed by atoms with Crippen LogP contribution in [0.25, 0.3) is 0 Å². The van der Waals surface area contributed by atoms with Gasteiger partial charge in [-0.05, 0) is 63.1 Å². The standard InChI is InChI=1S/C19H23NO2/c1-13(2)22-18-9-7-17(8-10-18)20-19(21)12-16-11-14(3)5-6-15(16)4/h5-11,13H,12H2,1-4H3,(H,20,21). The maximum Gasteiger partial charge on any atom is 0.228 e. The first-order valence-electron chi connectivity index (χ1n) is 7.57. The number of nitrogens with one attached hydrogen (secondary N) is 1. The van der Waals surface area contributed by atoms with Crippen LogP contribution in [0.5, 0.6) is 5.75 Å². The van der Waals surface area contributed by atoms with E-state index in [1.165, 1.54) is 5.56 Å². The lowest BCUT2D eigenvalue weighted by Gasteiger charge is -2.11. The zero-order valence-electron chi connectivity index (χ0n) is 13.6. The Labute approximate surface area is 132 Å². The molecule has 0 saturated carbocycles. The average molecular weight is 297 g/mol. The summed E-state index contributed by atoms with van der Waals surface area (Å²) in [6.07, 6.45) is 0.530. The molecule has 0 radical (unpaired) electrons. The highest BCUT2D eigenvalue weighted by Crippen LogP contribution is 2.18. The molecule has 0 atom stereocenters. The molecular weight excluding hydrogens is 274 g/mol. The third kappa shape index (κ3) is 4.62. The van der Waals surface area contributed by atoms with Crippen LogP contribution in [0.4, 0.5) is 5.69 Å². The van der Waals surface area contributed by atoms with E-state index in [0.717, 1.165) is 22.6 Å². The van der Waals surface area contributed by atoms with Crippen molar-refractivity contribution in [2.24, 2.45) is 0 Å². The monoisotopic (exact) mass is 297 g/mol. The Bertz CT molecular complexity index is 645. The number of carbonyl (C=O) groups is 1. The summed E-state index contributed by atoms with van der Waals surface area (Å²) in [5.41, 5.74) is 4.16. The van der Waals surface area contributed by atoms with Gasteiger partial charge >= 0.3 is 0 Å². The van der Waals surface area contributed by atoms with E-state index in [9.17, 15) is 4.79 Å². The lowest BCUT2D eigenvalue weighted by Crippen LogP contribution is -2.15. The fraction of sp³-hybridized carbons (Fsp3) is 0.316. The summed E-state index contributed by atoms with van der Waals surface area (Å²) in [6, 6.07) is 13.6. The smallest absolute Gasteiger partial charge is 0.228 e. The molecule has 3 heteroatoms. The van der Waals surface area contributed by atoms with Gasteiger partial charge in [-0.2, -0.15) is 0 Å². The molecule has 22 heavy (non-hydrogen) atoms. The molecule has 116 valence electrons. The highest BCUT2D eigenvalue weighted by molar-refractivity contribution is 5.92. The van der Waals surface area contributed by atoms with Gasteiger partial charge in [0.15, 0.2) is 0 Å². The van der Waals surface area contributed by atoms with Crippen LogP contribution in [0, 0.1) is 13.8 Å². The molecule has 0 aromatic heterocycles. The lowest BCUT2D eigenvalue weighted by molar-refractivity contribution is -0.115. The fourth-order valence-electron chi connectivity index (χ4n) is 2.26. The van der Waals surface area contributed by atoms with Gasteiger partial charge in [0.2, 0.25) is 5.91 Å². The molecular formula is C19H23NO2. The SMILES string of the molecule is Cc1ccc(C)c(CC(=O)Nc2ccc(OC(C)C)cc2)c1. The van der Waals surface area contributed by atoms with E-state index in [-0.39, 0.29) is 12.0 Å². The van der Waals surface area contributed by atoms with E-state index in [1.54, 1.807) is 0 Å². The summed E-state index contributed by atoms with van der Waals surface area (Å²) in [6.45, 7) is 8.04. The van der Waals surface area contributed by atoms with Crippen molar-refractivity contribution in [2.45, 2.75) is 40.2 Å². The van der Waals surface area contributed by atoms with Gasteiger partial charge in [0, 0.05) is 5.69 Å². The van der Waals surface area contributed by atoms with Crippen LogP contribution in [-0.2, 0) is 11.2 Å². The molecule has 0 saturated heterocycles. The van der Waals surface area contributed by atoms with Gasteiger partial charge in [-0.15, -0.1) is 0 Å². The van der Waals surface area contributed by atoms with Crippen molar-refractivity contribution in [3.63, 3.8) is 0 Å². The Balaban J connectivity index is 1.98. The van der Waals surface area contributed by atoms with Crippen LogP contribution in [-0.4, -0.2) is 12.0 Å². The molecule has 1 amide bonds. The summed E-state index contributed by atoms with van der Waals surface area (Å²) in [4.78, 5) is 12.2. The molecule has 1 N–H and O–H groups in total. The Morgan fingerprint density at radius 3 is 2.41 bits per heavy atom. The molecule has 0 spiro atoms. The molecule has 0 heterocycles. The van der Waals surface area contributed by atoms with E-state index in [0.29, 0.717) is 6.42 Å². The molecule has 0 aliphatic heterocycles. The zero-order chi connectivity index (χ0) is 16.1. The molecule has 2 rings (SSSR count). The number of anilines is 1. The molecule has 0 aliphatic carbocycles. The van der Waals surface area contributed by atoms with Gasteiger partial charge in [-0.1, -0.05) is 23.8 Å². The minimum absolute atomic E-state index is 0.00812. The Kier molecular flexibility index (Phi) is 5.21. The van der Waals surface area contributed by atoms with Crippen molar-refractivity contribution in [3.8, 4) is 5.75 Å². The van der Waals surface area contributed by atoms with Crippen molar-refractivity contribution >= 4 is 11.6 Å². The number of ether oxygens (including phenoxy) is 1. The fourth-order valence-corrected chi connectivity index (χ4v) is 2.26. The molecule has 0 unspecified atom stereocenters. The molecule has 3 nitrogen and oxygen atoms in total. The van der Waals surface area contributed by atoms with E-state index in [1.807, 2.05) is 52.0 Å². The number of hydrogen-bond acceptors (Lipinski definition) is 2. The first-order chi connectivity index (χ1) is 10.4. The first kappa shape index (κ1) is 16.1. The quantitative estimate of drug-likeness (QED) is 0.895. The summed E-state index contributed by atoms with van der Waals surface area (Å²) in [5, 5.41) is 2.92. The van der Waals surface area contributed by atoms with Crippen LogP contribution in [0.1, 0.15) is 30.5 Å². The summed E-state index contributed by atoms with van der Waals surface area (Å²) in [5.74, 6) is 0.800. The zero-order valence-corrected chi connectivity index (χ0v) is 13.6. The maximum absolute atomic E-state index is 12.2. The van der Waals surface area contributed by atoms with Crippen LogP contribution in [0.3, 0.4) is 0 Å². The predicted octanol–water partition coefficient (Wildman–Crippen LogP) is 4.27. The highest BCUT2D eigenvalue weighted by atomic mass is 16.5. The topological polar surface area (TPSA) is 38.3 Å². The van der Waals surface area contributed by atoms with Crippen LogP contribution < -0.4 is 10.1 Å². The number of aryl methyl sites for hydroxylation is 2. The van der Waals surface area contributed by atoms with Gasteiger partial charge in [-0.25, -0.2) is 0 Å². The molecule has 0 fully saturated rings. The number of amides is 1. The van der Waals surface area contributed by atoms with Crippen molar-refractivity contribution in [1.82, 2.24) is 0 Å². The number of carbonyl (C=O) groups excluding carboxylic acids is 1. The number of benzene rings is 2. The second-order valence-corrected chi connectivity index (χ2v) is 5.85. The summed E-state index contributed by atoms with van der Waals surface area (Å²) in [7, 11) is 0. The molecule has 0 aliphatic rings. The first-order valence-corrected chi connectivity index (χ1v) is 7.57. The number of hydrogen-bond donors (Lipinski definition) is 1. The highest BCUT2D eigenvalue weighted by Gasteiger charge is 2.07. The second-order valence-electron chi connectivity index (χ2n) is 5.85. The van der Waals surface area contributed by atoms with Crippen LogP contribution in [0.15, 0.2) is 42.5 Å². The molecule has 2 aromatic carbocycles.